The standard InChI is InChI=1S/C16H25N3/c1-5-19(10-6-9-18(3)4)13-16-8-7-15(12-17)11-14(16)2/h7-8,11H,5-6,9-10,13H2,1-4H3. The van der Waals surface area contributed by atoms with Gasteiger partial charge in [0.2, 0.25) is 0 Å². The summed E-state index contributed by atoms with van der Waals surface area (Å²) in [5.41, 5.74) is 3.28. The minimum atomic E-state index is 0.747. The monoisotopic (exact) mass is 259 g/mol. The number of hydrogen-bond donors (Lipinski definition) is 0. The Labute approximate surface area is 117 Å². The third kappa shape index (κ3) is 5.42. The van der Waals surface area contributed by atoms with Gasteiger partial charge in [0.05, 0.1) is 11.6 Å². The predicted octanol–water partition coefficient (Wildman–Crippen LogP) is 2.64. The molecule has 0 saturated heterocycles. The van der Waals surface area contributed by atoms with Gasteiger partial charge in [0.15, 0.2) is 0 Å². The molecule has 104 valence electrons. The van der Waals surface area contributed by atoms with E-state index < -0.39 is 0 Å². The van der Waals surface area contributed by atoms with Crippen LogP contribution in [0.3, 0.4) is 0 Å². The molecule has 3 nitrogen and oxygen atoms in total. The van der Waals surface area contributed by atoms with Crippen LogP contribution >= 0.6 is 0 Å². The van der Waals surface area contributed by atoms with Crippen molar-refractivity contribution in [3.05, 3.63) is 34.9 Å². The smallest absolute Gasteiger partial charge is 0.0991 e. The molecule has 3 heteroatoms. The fraction of sp³-hybridized carbons (Fsp3) is 0.562. The van der Waals surface area contributed by atoms with Gasteiger partial charge < -0.3 is 4.90 Å². The van der Waals surface area contributed by atoms with Crippen LogP contribution in [0.1, 0.15) is 30.0 Å². The lowest BCUT2D eigenvalue weighted by Gasteiger charge is -2.22. The molecule has 1 aromatic carbocycles. The Bertz CT molecular complexity index is 432. The molecule has 0 aliphatic heterocycles. The van der Waals surface area contributed by atoms with Crippen molar-refractivity contribution in [3.63, 3.8) is 0 Å². The van der Waals surface area contributed by atoms with E-state index in [1.807, 2.05) is 12.1 Å². The first-order valence-corrected chi connectivity index (χ1v) is 6.93. The van der Waals surface area contributed by atoms with E-state index in [1.165, 1.54) is 17.5 Å². The molecule has 19 heavy (non-hydrogen) atoms. The van der Waals surface area contributed by atoms with Gasteiger partial charge in [-0.15, -0.1) is 0 Å². The summed E-state index contributed by atoms with van der Waals surface area (Å²) < 4.78 is 0. The van der Waals surface area contributed by atoms with Crippen LogP contribution in [-0.2, 0) is 6.54 Å². The van der Waals surface area contributed by atoms with Gasteiger partial charge in [-0.25, -0.2) is 0 Å². The highest BCUT2D eigenvalue weighted by Crippen LogP contribution is 2.13. The molecule has 1 rings (SSSR count). The predicted molar refractivity (Wildman–Crippen MR) is 80.0 cm³/mol. The molecular formula is C16H25N3. The van der Waals surface area contributed by atoms with Crippen molar-refractivity contribution in [1.82, 2.24) is 9.80 Å². The third-order valence-electron chi connectivity index (χ3n) is 3.39. The lowest BCUT2D eigenvalue weighted by molar-refractivity contribution is 0.259. The van der Waals surface area contributed by atoms with E-state index in [1.54, 1.807) is 0 Å². The summed E-state index contributed by atoms with van der Waals surface area (Å²) in [6, 6.07) is 8.16. The van der Waals surface area contributed by atoms with Crippen molar-refractivity contribution in [1.29, 1.82) is 5.26 Å². The Balaban J connectivity index is 2.58. The van der Waals surface area contributed by atoms with Crippen molar-refractivity contribution < 1.29 is 0 Å². The van der Waals surface area contributed by atoms with Crippen LogP contribution in [0.15, 0.2) is 18.2 Å². The quantitative estimate of drug-likeness (QED) is 0.754. The summed E-state index contributed by atoms with van der Waals surface area (Å²) in [7, 11) is 4.22. The lowest BCUT2D eigenvalue weighted by atomic mass is 10.1. The largest absolute Gasteiger partial charge is 0.309 e. The van der Waals surface area contributed by atoms with E-state index >= 15 is 0 Å². The van der Waals surface area contributed by atoms with Gasteiger partial charge in [-0.2, -0.15) is 5.26 Å². The molecule has 0 atom stereocenters. The maximum atomic E-state index is 8.88. The highest BCUT2D eigenvalue weighted by molar-refractivity contribution is 5.37. The van der Waals surface area contributed by atoms with Gasteiger partial charge in [-0.1, -0.05) is 13.0 Å². The van der Waals surface area contributed by atoms with Crippen LogP contribution in [-0.4, -0.2) is 43.5 Å². The average molecular weight is 259 g/mol. The van der Waals surface area contributed by atoms with Gasteiger partial charge in [-0.3, -0.25) is 4.90 Å². The van der Waals surface area contributed by atoms with E-state index in [4.69, 9.17) is 5.26 Å². The Morgan fingerprint density at radius 1 is 1.21 bits per heavy atom. The Morgan fingerprint density at radius 2 is 1.95 bits per heavy atom. The minimum absolute atomic E-state index is 0.747. The zero-order chi connectivity index (χ0) is 14.3. The Hall–Kier alpha value is -1.37. The molecule has 0 aliphatic carbocycles. The molecule has 0 heterocycles. The average Bonchev–Trinajstić information content (AvgIpc) is 2.39. The van der Waals surface area contributed by atoms with Crippen molar-refractivity contribution in [2.24, 2.45) is 0 Å². The number of hydrogen-bond acceptors (Lipinski definition) is 3. The number of nitrogens with zero attached hydrogens (tertiary/aromatic N) is 3. The molecule has 0 bridgehead atoms. The first-order chi connectivity index (χ1) is 9.06. The number of rotatable bonds is 7. The van der Waals surface area contributed by atoms with Crippen LogP contribution in [0.4, 0.5) is 0 Å². The van der Waals surface area contributed by atoms with E-state index in [2.05, 4.69) is 49.9 Å². The van der Waals surface area contributed by atoms with Crippen LogP contribution in [0.5, 0.6) is 0 Å². The molecule has 0 saturated carbocycles. The molecule has 0 aliphatic rings. The molecule has 0 spiro atoms. The van der Waals surface area contributed by atoms with E-state index in [-0.39, 0.29) is 0 Å². The summed E-state index contributed by atoms with van der Waals surface area (Å²) in [4.78, 5) is 4.68. The van der Waals surface area contributed by atoms with Gasteiger partial charge >= 0.3 is 0 Å². The summed E-state index contributed by atoms with van der Waals surface area (Å²) in [5, 5.41) is 8.88. The van der Waals surface area contributed by atoms with E-state index in [0.29, 0.717) is 0 Å². The maximum Gasteiger partial charge on any atom is 0.0991 e. The second-order valence-corrected chi connectivity index (χ2v) is 5.28. The summed E-state index contributed by atoms with van der Waals surface area (Å²) in [6.07, 6.45) is 1.19. The summed E-state index contributed by atoms with van der Waals surface area (Å²) in [5.74, 6) is 0. The number of nitriles is 1. The number of aryl methyl sites for hydroxylation is 1. The van der Waals surface area contributed by atoms with Gasteiger partial charge in [0, 0.05) is 6.54 Å². The van der Waals surface area contributed by atoms with Gasteiger partial charge in [0.25, 0.3) is 0 Å². The molecule has 0 fully saturated rings. The fourth-order valence-electron chi connectivity index (χ4n) is 2.14. The SMILES string of the molecule is CCN(CCCN(C)C)Cc1ccc(C#N)cc1C. The van der Waals surface area contributed by atoms with Crippen molar-refractivity contribution in [3.8, 4) is 6.07 Å². The zero-order valence-corrected chi connectivity index (χ0v) is 12.6. The van der Waals surface area contributed by atoms with Crippen LogP contribution in [0, 0.1) is 18.3 Å². The van der Waals surface area contributed by atoms with Gasteiger partial charge in [0.1, 0.15) is 0 Å². The first kappa shape index (κ1) is 15.7. The van der Waals surface area contributed by atoms with E-state index in [0.717, 1.165) is 31.7 Å². The highest BCUT2D eigenvalue weighted by Gasteiger charge is 2.06. The van der Waals surface area contributed by atoms with Crippen LogP contribution in [0.25, 0.3) is 0 Å². The first-order valence-electron chi connectivity index (χ1n) is 6.93. The van der Waals surface area contributed by atoms with Crippen LogP contribution < -0.4 is 0 Å². The highest BCUT2D eigenvalue weighted by atomic mass is 15.1. The Morgan fingerprint density at radius 3 is 2.47 bits per heavy atom. The molecule has 0 aromatic heterocycles. The summed E-state index contributed by atoms with van der Waals surface area (Å²) in [6.45, 7) is 8.57. The molecule has 0 unspecified atom stereocenters. The minimum Gasteiger partial charge on any atom is -0.309 e. The molecule has 0 amide bonds. The number of benzene rings is 1. The zero-order valence-electron chi connectivity index (χ0n) is 12.6. The fourth-order valence-corrected chi connectivity index (χ4v) is 2.14. The second kappa shape index (κ2) is 7.93. The molecule has 0 N–H and O–H groups in total. The third-order valence-corrected chi connectivity index (χ3v) is 3.39. The van der Waals surface area contributed by atoms with E-state index in [9.17, 15) is 0 Å². The normalized spacial score (nSPS) is 11.0. The van der Waals surface area contributed by atoms with Gasteiger partial charge in [-0.05, 0) is 70.3 Å². The molecular weight excluding hydrogens is 234 g/mol. The topological polar surface area (TPSA) is 30.3 Å². The maximum absolute atomic E-state index is 8.88. The second-order valence-electron chi connectivity index (χ2n) is 5.28. The molecule has 1 aromatic rings. The van der Waals surface area contributed by atoms with Crippen molar-refractivity contribution >= 4 is 0 Å². The van der Waals surface area contributed by atoms with Crippen molar-refractivity contribution in [2.75, 3.05) is 33.7 Å². The van der Waals surface area contributed by atoms with Crippen molar-refractivity contribution in [2.45, 2.75) is 26.8 Å². The molecule has 0 radical (unpaired) electrons. The lowest BCUT2D eigenvalue weighted by Crippen LogP contribution is -2.27. The summed E-state index contributed by atoms with van der Waals surface area (Å²) >= 11 is 0. The van der Waals surface area contributed by atoms with Crippen LogP contribution in [0.2, 0.25) is 0 Å². The Kier molecular flexibility index (Phi) is 6.55.